The molecule has 1 saturated carbocycles. The largest absolute Gasteiger partial charge is 0.373 e. The molecule has 17 heavy (non-hydrogen) atoms. The average molecular weight is 237 g/mol. The van der Waals surface area contributed by atoms with Crippen LogP contribution in [0.15, 0.2) is 0 Å². The minimum Gasteiger partial charge on any atom is -0.373 e. The predicted molar refractivity (Wildman–Crippen MR) is 62.6 cm³/mol. The maximum absolute atomic E-state index is 5.48. The maximum atomic E-state index is 5.48. The Morgan fingerprint density at radius 3 is 2.06 bits per heavy atom. The second kappa shape index (κ2) is 3.94. The topological polar surface area (TPSA) is 37.6 Å². The molecule has 0 aromatic carbocycles. The van der Waals surface area contributed by atoms with Gasteiger partial charge >= 0.3 is 0 Å². The fourth-order valence-electron chi connectivity index (χ4n) is 3.68. The second-order valence-corrected chi connectivity index (χ2v) is 6.22. The Kier molecular flexibility index (Phi) is 2.50. The first-order valence-corrected chi connectivity index (χ1v) is 7.04. The van der Waals surface area contributed by atoms with Gasteiger partial charge in [-0.2, -0.15) is 0 Å². The Morgan fingerprint density at radius 1 is 0.941 bits per heavy atom. The summed E-state index contributed by atoms with van der Waals surface area (Å²) >= 11 is 0. The van der Waals surface area contributed by atoms with Crippen LogP contribution >= 0.6 is 0 Å². The SMILES string of the molecule is C1C[C](CC2CO2)C(CC2CO2)(CC2CO2)C1. The van der Waals surface area contributed by atoms with Gasteiger partial charge in [0.2, 0.25) is 0 Å². The lowest BCUT2D eigenvalue weighted by molar-refractivity contribution is 0.200. The van der Waals surface area contributed by atoms with Crippen LogP contribution in [0.3, 0.4) is 0 Å². The highest BCUT2D eigenvalue weighted by Crippen LogP contribution is 2.56. The highest BCUT2D eigenvalue weighted by Gasteiger charge is 2.50. The summed E-state index contributed by atoms with van der Waals surface area (Å²) in [5, 5.41) is 0. The van der Waals surface area contributed by atoms with Crippen molar-refractivity contribution in [3.63, 3.8) is 0 Å². The molecule has 1 aliphatic carbocycles. The van der Waals surface area contributed by atoms with Crippen LogP contribution in [0.4, 0.5) is 0 Å². The Hall–Kier alpha value is -0.120. The smallest absolute Gasteiger partial charge is 0.0815 e. The number of hydrogen-bond acceptors (Lipinski definition) is 3. The zero-order valence-corrected chi connectivity index (χ0v) is 10.3. The molecule has 0 aromatic heterocycles. The van der Waals surface area contributed by atoms with E-state index < -0.39 is 0 Å². The molecule has 3 saturated heterocycles. The van der Waals surface area contributed by atoms with Gasteiger partial charge in [-0.25, -0.2) is 0 Å². The number of epoxide rings is 3. The summed E-state index contributed by atoms with van der Waals surface area (Å²) in [6.07, 6.45) is 9.37. The van der Waals surface area contributed by atoms with Gasteiger partial charge in [0.1, 0.15) is 0 Å². The van der Waals surface area contributed by atoms with Crippen LogP contribution in [0.1, 0.15) is 38.5 Å². The Balaban J connectivity index is 1.48. The molecule has 0 amide bonds. The van der Waals surface area contributed by atoms with Crippen LogP contribution in [0, 0.1) is 11.3 Å². The molecule has 95 valence electrons. The molecular formula is C14H21O3. The van der Waals surface area contributed by atoms with Crippen LogP contribution < -0.4 is 0 Å². The Labute approximate surface area is 103 Å². The average Bonchev–Trinajstić information content (AvgIpc) is 3.13. The van der Waals surface area contributed by atoms with E-state index in [1.807, 2.05) is 0 Å². The van der Waals surface area contributed by atoms with Gasteiger partial charge in [-0.3, -0.25) is 0 Å². The molecule has 0 bridgehead atoms. The van der Waals surface area contributed by atoms with Gasteiger partial charge in [-0.15, -0.1) is 0 Å². The van der Waals surface area contributed by atoms with Gasteiger partial charge < -0.3 is 14.2 Å². The third-order valence-electron chi connectivity index (χ3n) is 4.80. The second-order valence-electron chi connectivity index (χ2n) is 6.22. The van der Waals surface area contributed by atoms with Crippen molar-refractivity contribution >= 4 is 0 Å². The van der Waals surface area contributed by atoms with Gasteiger partial charge in [0.25, 0.3) is 0 Å². The van der Waals surface area contributed by atoms with E-state index in [-0.39, 0.29) is 0 Å². The fraction of sp³-hybridized carbons (Fsp3) is 0.929. The van der Waals surface area contributed by atoms with Gasteiger partial charge in [0.15, 0.2) is 0 Å². The summed E-state index contributed by atoms with van der Waals surface area (Å²) in [5.41, 5.74) is 0.439. The van der Waals surface area contributed by atoms with Gasteiger partial charge in [0, 0.05) is 0 Å². The standard InChI is InChI=1S/C14H21O3/c1-2-10(4-11-7-15-11)14(3-1,5-12-8-16-12)6-13-9-17-13/h11-13H,1-9H2. The lowest BCUT2D eigenvalue weighted by Gasteiger charge is -2.34. The molecule has 3 aliphatic heterocycles. The third kappa shape index (κ3) is 2.38. The summed E-state index contributed by atoms with van der Waals surface area (Å²) in [6, 6.07) is 0. The first-order valence-electron chi connectivity index (χ1n) is 7.04. The predicted octanol–water partition coefficient (Wildman–Crippen LogP) is 2.10. The zero-order valence-electron chi connectivity index (χ0n) is 10.3. The fourth-order valence-corrected chi connectivity index (χ4v) is 3.68. The molecule has 0 aromatic rings. The molecule has 0 spiro atoms. The molecule has 0 N–H and O–H groups in total. The lowest BCUT2D eigenvalue weighted by Crippen LogP contribution is -2.29. The Morgan fingerprint density at radius 2 is 1.53 bits per heavy atom. The molecule has 3 nitrogen and oxygen atoms in total. The summed E-state index contributed by atoms with van der Waals surface area (Å²) in [6.45, 7) is 2.96. The molecule has 4 rings (SSSR count). The minimum absolute atomic E-state index is 0.439. The van der Waals surface area contributed by atoms with Crippen molar-refractivity contribution in [1.82, 2.24) is 0 Å². The molecule has 3 unspecified atom stereocenters. The van der Waals surface area contributed by atoms with Crippen molar-refractivity contribution in [1.29, 1.82) is 0 Å². The summed E-state index contributed by atoms with van der Waals surface area (Å²) in [7, 11) is 0. The first kappa shape index (κ1) is 10.8. The van der Waals surface area contributed by atoms with Crippen molar-refractivity contribution < 1.29 is 14.2 Å². The third-order valence-corrected chi connectivity index (χ3v) is 4.80. The molecule has 4 aliphatic rings. The monoisotopic (exact) mass is 237 g/mol. The van der Waals surface area contributed by atoms with Crippen molar-refractivity contribution in [2.75, 3.05) is 19.8 Å². The lowest BCUT2D eigenvalue weighted by atomic mass is 9.69. The van der Waals surface area contributed by atoms with E-state index in [4.69, 9.17) is 14.2 Å². The van der Waals surface area contributed by atoms with Crippen molar-refractivity contribution in [2.45, 2.75) is 56.8 Å². The van der Waals surface area contributed by atoms with Crippen molar-refractivity contribution in [2.24, 2.45) is 5.41 Å². The molecule has 1 radical (unpaired) electrons. The highest BCUT2D eigenvalue weighted by molar-refractivity contribution is 5.16. The van der Waals surface area contributed by atoms with Crippen LogP contribution in [0.5, 0.6) is 0 Å². The molecule has 3 heteroatoms. The van der Waals surface area contributed by atoms with E-state index in [1.165, 1.54) is 38.5 Å². The summed E-state index contributed by atoms with van der Waals surface area (Å²) < 4.78 is 16.4. The minimum atomic E-state index is 0.439. The van der Waals surface area contributed by atoms with Crippen LogP contribution in [0.2, 0.25) is 0 Å². The van der Waals surface area contributed by atoms with E-state index in [2.05, 4.69) is 0 Å². The van der Waals surface area contributed by atoms with E-state index in [0.29, 0.717) is 23.7 Å². The van der Waals surface area contributed by atoms with E-state index in [0.717, 1.165) is 19.8 Å². The van der Waals surface area contributed by atoms with Gasteiger partial charge in [-0.05, 0) is 43.4 Å². The molecule has 3 atom stereocenters. The van der Waals surface area contributed by atoms with Crippen molar-refractivity contribution in [3.8, 4) is 0 Å². The first-order chi connectivity index (χ1) is 8.34. The number of hydrogen-bond donors (Lipinski definition) is 0. The van der Waals surface area contributed by atoms with E-state index >= 15 is 0 Å². The van der Waals surface area contributed by atoms with Crippen LogP contribution in [-0.2, 0) is 14.2 Å². The molecular weight excluding hydrogens is 216 g/mol. The molecule has 3 heterocycles. The quantitative estimate of drug-likeness (QED) is 0.664. The molecule has 4 fully saturated rings. The van der Waals surface area contributed by atoms with Crippen molar-refractivity contribution in [3.05, 3.63) is 5.92 Å². The zero-order chi connectivity index (χ0) is 11.3. The summed E-state index contributed by atoms with van der Waals surface area (Å²) in [4.78, 5) is 0. The highest BCUT2D eigenvalue weighted by atomic mass is 16.6. The van der Waals surface area contributed by atoms with Crippen LogP contribution in [-0.4, -0.2) is 38.1 Å². The van der Waals surface area contributed by atoms with Gasteiger partial charge in [-0.1, -0.05) is 6.42 Å². The van der Waals surface area contributed by atoms with E-state index in [9.17, 15) is 0 Å². The Bertz CT molecular complexity index is 278. The van der Waals surface area contributed by atoms with E-state index in [1.54, 1.807) is 5.92 Å². The van der Waals surface area contributed by atoms with Crippen LogP contribution in [0.25, 0.3) is 0 Å². The number of ether oxygens (including phenoxy) is 3. The maximum Gasteiger partial charge on any atom is 0.0815 e. The van der Waals surface area contributed by atoms with Gasteiger partial charge in [0.05, 0.1) is 38.1 Å². The summed E-state index contributed by atoms with van der Waals surface area (Å²) in [5.74, 6) is 1.77. The normalized spacial score (nSPS) is 48.4. The number of rotatable bonds is 6.